The van der Waals surface area contributed by atoms with E-state index in [-0.39, 0.29) is 30.5 Å². The van der Waals surface area contributed by atoms with Gasteiger partial charge in [0.05, 0.1) is 41.1 Å². The quantitative estimate of drug-likeness (QED) is 0.160. The van der Waals surface area contributed by atoms with E-state index in [2.05, 4.69) is 22.8 Å². The number of ether oxygens (including phenoxy) is 2. The number of alkyl halides is 3. The number of aliphatic hydroxyl groups excluding tert-OH is 1. The number of hydrogen-bond donors (Lipinski definition) is 2. The maximum Gasteiger partial charge on any atom is 0.419 e. The summed E-state index contributed by atoms with van der Waals surface area (Å²) in [6.07, 6.45) is -3.23. The van der Waals surface area contributed by atoms with Crippen LogP contribution in [-0.4, -0.2) is 76.0 Å². The Labute approximate surface area is 240 Å². The summed E-state index contributed by atoms with van der Waals surface area (Å²) < 4.78 is 66.9. The molecule has 0 atom stereocenters. The summed E-state index contributed by atoms with van der Waals surface area (Å²) in [6.45, 7) is 4.40. The van der Waals surface area contributed by atoms with Gasteiger partial charge in [-0.1, -0.05) is 43.3 Å². The molecule has 16 heteroatoms. The van der Waals surface area contributed by atoms with E-state index >= 15 is 0 Å². The lowest BCUT2D eigenvalue weighted by Crippen LogP contribution is -2.58. The van der Waals surface area contributed by atoms with Crippen LogP contribution in [0.15, 0.2) is 47.0 Å². The van der Waals surface area contributed by atoms with Crippen molar-refractivity contribution in [2.75, 3.05) is 19.5 Å². The molecule has 0 aliphatic heterocycles. The zero-order valence-electron chi connectivity index (χ0n) is 21.4. The Morgan fingerprint density at radius 1 is 1.00 bits per heavy atom. The van der Waals surface area contributed by atoms with Crippen molar-refractivity contribution in [2.24, 2.45) is 0 Å². The second kappa shape index (κ2) is 15.7. The van der Waals surface area contributed by atoms with Gasteiger partial charge in [0.25, 0.3) is 5.89 Å². The molecule has 0 amide bonds. The van der Waals surface area contributed by atoms with Crippen molar-refractivity contribution in [1.82, 2.24) is 10.1 Å². The van der Waals surface area contributed by atoms with Gasteiger partial charge in [-0.05, 0) is 34.6 Å². The minimum atomic E-state index is -4.92. The molecule has 0 aliphatic carbocycles. The second-order valence-corrected chi connectivity index (χ2v) is 8.20. The van der Waals surface area contributed by atoms with E-state index in [0.29, 0.717) is 18.2 Å². The first-order valence-corrected chi connectivity index (χ1v) is 12.9. The molecule has 1 N–H and O–H groups in total. The molecule has 0 aliphatic rings. The number of nitrogens with zero attached hydrogens (tertiary/aromatic N) is 2. The molecular formula is C23H24B4F4N2O4S2. The molecule has 1 aromatic heterocycles. The summed E-state index contributed by atoms with van der Waals surface area (Å²) in [6, 6.07) is 9.62. The summed E-state index contributed by atoms with van der Waals surface area (Å²) in [5.41, 5.74) is -0.00751. The Morgan fingerprint density at radius 3 is 2.13 bits per heavy atom. The van der Waals surface area contributed by atoms with E-state index in [1.165, 1.54) is 6.07 Å². The first-order valence-electron chi connectivity index (χ1n) is 11.3. The van der Waals surface area contributed by atoms with Gasteiger partial charge in [0.2, 0.25) is 5.82 Å². The molecule has 2 aromatic carbocycles. The van der Waals surface area contributed by atoms with Crippen LogP contribution in [0.4, 0.5) is 17.1 Å². The largest absolute Gasteiger partial charge is 0.506 e. The molecule has 3 rings (SSSR count). The lowest BCUT2D eigenvalue weighted by atomic mass is 9.44. The molecule has 6 nitrogen and oxygen atoms in total. The van der Waals surface area contributed by atoms with Gasteiger partial charge in [-0.3, -0.25) is 0 Å². The van der Waals surface area contributed by atoms with Crippen molar-refractivity contribution in [3.05, 3.63) is 53.6 Å². The standard InChI is InChI=1S/C20H14B4F4N2O4S.C2H6.CH4S/c21-19(22,20(23,24)35-28)33-15-6-5-13(9-14(15)18(25,26)27)17-29-16(30-34-17)12-3-1-11(2-4-12)10-32-8-7-31;2*1-2/h1-6,9,31H,7-8,10H2;1-2H3;2H,1H3. The van der Waals surface area contributed by atoms with Gasteiger partial charge < -0.3 is 19.1 Å². The Bertz CT molecular complexity index is 1150. The normalized spacial score (nSPS) is 11.6. The Morgan fingerprint density at radius 2 is 1.59 bits per heavy atom. The second-order valence-electron chi connectivity index (χ2n) is 7.37. The number of thiol groups is 1. The number of rotatable bonds is 10. The SMILES string of the molecule is CC.CS.[B]C([B])(Oc1ccc(-c2nc(-c3ccc(COCCO)cc3)no2)cc1C(F)(F)F)C([B])([B])SF. The summed E-state index contributed by atoms with van der Waals surface area (Å²) in [4.78, 5) is 4.14. The number of halogens is 4. The number of aliphatic hydroxyl groups is 1. The van der Waals surface area contributed by atoms with Gasteiger partial charge >= 0.3 is 6.18 Å². The van der Waals surface area contributed by atoms with Crippen molar-refractivity contribution >= 4 is 56.2 Å². The number of benzene rings is 2. The minimum Gasteiger partial charge on any atom is -0.506 e. The van der Waals surface area contributed by atoms with Crippen LogP contribution in [0.25, 0.3) is 22.8 Å². The van der Waals surface area contributed by atoms with Crippen molar-refractivity contribution < 1.29 is 36.2 Å². The third kappa shape index (κ3) is 9.54. The van der Waals surface area contributed by atoms with Crippen LogP contribution in [-0.2, 0) is 17.5 Å². The van der Waals surface area contributed by atoms with E-state index in [4.69, 9.17) is 50.5 Å². The molecule has 0 fully saturated rings. The Kier molecular flexibility index (Phi) is 14.1. The summed E-state index contributed by atoms with van der Waals surface area (Å²) in [5.74, 6) is -0.902. The van der Waals surface area contributed by atoms with E-state index in [1.54, 1.807) is 30.5 Å². The lowest BCUT2D eigenvalue weighted by Gasteiger charge is -2.41. The lowest BCUT2D eigenvalue weighted by molar-refractivity contribution is -0.139. The highest BCUT2D eigenvalue weighted by molar-refractivity contribution is 7.98. The van der Waals surface area contributed by atoms with Crippen LogP contribution in [0.3, 0.4) is 0 Å². The van der Waals surface area contributed by atoms with E-state index in [0.717, 1.165) is 11.6 Å². The zero-order valence-corrected chi connectivity index (χ0v) is 23.1. The summed E-state index contributed by atoms with van der Waals surface area (Å²) in [5, 5.41) is 9.86. The highest BCUT2D eigenvalue weighted by Crippen LogP contribution is 2.41. The molecule has 0 saturated carbocycles. The van der Waals surface area contributed by atoms with E-state index in [1.807, 2.05) is 13.8 Å². The molecule has 202 valence electrons. The molecule has 1 heterocycles. The Balaban J connectivity index is 0.00000181. The van der Waals surface area contributed by atoms with Gasteiger partial charge in [-0.15, -0.1) is 0 Å². The molecule has 0 saturated heterocycles. The average molecular weight is 576 g/mol. The highest BCUT2D eigenvalue weighted by atomic mass is 32.2. The zero-order chi connectivity index (χ0) is 29.9. The molecule has 39 heavy (non-hydrogen) atoms. The first kappa shape index (κ1) is 35.0. The molecule has 8 radical (unpaired) electrons. The fourth-order valence-electron chi connectivity index (χ4n) is 2.76. The molecule has 0 bridgehead atoms. The van der Waals surface area contributed by atoms with Crippen LogP contribution in [0.1, 0.15) is 25.0 Å². The maximum absolute atomic E-state index is 13.7. The first-order chi connectivity index (χ1) is 18.4. The monoisotopic (exact) mass is 576 g/mol. The van der Waals surface area contributed by atoms with Gasteiger partial charge in [-0.25, -0.2) is 0 Å². The molecule has 0 spiro atoms. The van der Waals surface area contributed by atoms with Gasteiger partial charge in [0.1, 0.15) is 21.4 Å². The predicted molar refractivity (Wildman–Crippen MR) is 151 cm³/mol. The van der Waals surface area contributed by atoms with Crippen LogP contribution in [0.2, 0.25) is 0 Å². The van der Waals surface area contributed by atoms with E-state index < -0.39 is 39.6 Å². The van der Waals surface area contributed by atoms with Crippen LogP contribution in [0, 0.1) is 0 Å². The third-order valence-corrected chi connectivity index (χ3v) is 5.27. The smallest absolute Gasteiger partial charge is 0.419 e. The van der Waals surface area contributed by atoms with Gasteiger partial charge in [0, 0.05) is 28.7 Å². The van der Waals surface area contributed by atoms with E-state index in [9.17, 15) is 17.1 Å². The van der Waals surface area contributed by atoms with Gasteiger partial charge in [0.15, 0.2) is 0 Å². The average Bonchev–Trinajstić information content (AvgIpc) is 3.41. The van der Waals surface area contributed by atoms with Crippen LogP contribution >= 0.6 is 24.8 Å². The van der Waals surface area contributed by atoms with Crippen molar-refractivity contribution in [3.63, 3.8) is 0 Å². The maximum atomic E-state index is 13.7. The fourth-order valence-corrected chi connectivity index (χ4v) is 2.92. The summed E-state index contributed by atoms with van der Waals surface area (Å²) in [7, 11) is 21.8. The topological polar surface area (TPSA) is 77.6 Å². The number of hydrogen-bond acceptors (Lipinski definition) is 8. The molecule has 0 unspecified atom stereocenters. The Hall–Kier alpha value is -2.02. The minimum absolute atomic E-state index is 0.0799. The third-order valence-electron chi connectivity index (χ3n) is 4.69. The van der Waals surface area contributed by atoms with Gasteiger partial charge in [-0.2, -0.15) is 34.7 Å². The van der Waals surface area contributed by atoms with Crippen molar-refractivity contribution in [1.29, 1.82) is 0 Å². The molecule has 3 aromatic rings. The predicted octanol–water partition coefficient (Wildman–Crippen LogP) is 4.48. The highest BCUT2D eigenvalue weighted by Gasteiger charge is 2.41. The van der Waals surface area contributed by atoms with Crippen molar-refractivity contribution in [3.8, 4) is 28.6 Å². The number of aromatic nitrogens is 2. The van der Waals surface area contributed by atoms with Crippen LogP contribution < -0.4 is 4.74 Å². The summed E-state index contributed by atoms with van der Waals surface area (Å²) >= 11 is 2.85. The van der Waals surface area contributed by atoms with Crippen LogP contribution in [0.5, 0.6) is 5.75 Å². The fraction of sp³-hybridized carbons (Fsp3) is 0.391. The van der Waals surface area contributed by atoms with Crippen molar-refractivity contribution in [2.45, 2.75) is 36.6 Å². The molecular weight excluding hydrogens is 552 g/mol.